The van der Waals surface area contributed by atoms with E-state index >= 15 is 0 Å². The van der Waals surface area contributed by atoms with E-state index in [2.05, 4.69) is 14.7 Å². The zero-order chi connectivity index (χ0) is 10.7. The van der Waals surface area contributed by atoms with Crippen LogP contribution in [0, 0.1) is 0 Å². The van der Waals surface area contributed by atoms with Crippen LogP contribution in [0.15, 0.2) is 4.79 Å². The lowest BCUT2D eigenvalue weighted by Gasteiger charge is -2.02. The van der Waals surface area contributed by atoms with Crippen molar-refractivity contribution in [2.75, 3.05) is 14.2 Å². The minimum atomic E-state index is -0.851. The number of hydrogen-bond acceptors (Lipinski definition) is 5. The normalized spacial score (nSPS) is 9.64. The number of carbonyl (C=O) groups is 1. The second-order valence-electron chi connectivity index (χ2n) is 2.23. The summed E-state index contributed by atoms with van der Waals surface area (Å²) in [4.78, 5) is 27.9. The van der Waals surface area contributed by atoms with Crippen molar-refractivity contribution in [3.63, 3.8) is 0 Å². The Bertz CT molecular complexity index is 415. The SMILES string of the molecule is COC(=O)c1nc(Cl)c(OC)[nH]c1=O. The third-order valence-electron chi connectivity index (χ3n) is 1.42. The first-order chi connectivity index (χ1) is 6.60. The van der Waals surface area contributed by atoms with Crippen LogP contribution in [0.1, 0.15) is 10.5 Å². The van der Waals surface area contributed by atoms with Gasteiger partial charge in [-0.05, 0) is 0 Å². The summed E-state index contributed by atoms with van der Waals surface area (Å²) in [7, 11) is 2.46. The summed E-state index contributed by atoms with van der Waals surface area (Å²) in [6.07, 6.45) is 0. The third-order valence-corrected chi connectivity index (χ3v) is 1.68. The summed E-state index contributed by atoms with van der Waals surface area (Å²) in [5.74, 6) is -0.847. The molecule has 0 amide bonds. The van der Waals surface area contributed by atoms with Gasteiger partial charge in [0.25, 0.3) is 5.56 Å². The van der Waals surface area contributed by atoms with Gasteiger partial charge in [-0.25, -0.2) is 9.78 Å². The number of rotatable bonds is 2. The van der Waals surface area contributed by atoms with Gasteiger partial charge < -0.3 is 9.47 Å². The number of aromatic nitrogens is 2. The molecular formula is C7H7ClN2O4. The maximum Gasteiger partial charge on any atom is 0.362 e. The number of methoxy groups -OCH3 is 2. The van der Waals surface area contributed by atoms with Gasteiger partial charge >= 0.3 is 5.97 Å². The molecule has 0 saturated carbocycles. The summed E-state index contributed by atoms with van der Waals surface area (Å²) in [5.41, 5.74) is -1.11. The minimum Gasteiger partial charge on any atom is -0.480 e. The molecule has 6 nitrogen and oxygen atoms in total. The van der Waals surface area contributed by atoms with E-state index < -0.39 is 17.2 Å². The van der Waals surface area contributed by atoms with Crippen molar-refractivity contribution in [1.82, 2.24) is 9.97 Å². The number of halogens is 1. The molecule has 1 N–H and O–H groups in total. The van der Waals surface area contributed by atoms with E-state index in [0.29, 0.717) is 0 Å². The van der Waals surface area contributed by atoms with Crippen molar-refractivity contribution in [3.05, 3.63) is 21.2 Å². The number of ether oxygens (including phenoxy) is 2. The van der Waals surface area contributed by atoms with E-state index in [1.165, 1.54) is 7.11 Å². The number of nitrogens with zero attached hydrogens (tertiary/aromatic N) is 1. The van der Waals surface area contributed by atoms with Gasteiger partial charge in [-0.1, -0.05) is 11.6 Å². The highest BCUT2D eigenvalue weighted by Gasteiger charge is 2.16. The Morgan fingerprint density at radius 2 is 2.14 bits per heavy atom. The molecule has 0 atom stereocenters. The Morgan fingerprint density at radius 3 is 2.64 bits per heavy atom. The van der Waals surface area contributed by atoms with Crippen LogP contribution in [0.25, 0.3) is 0 Å². The lowest BCUT2D eigenvalue weighted by atomic mass is 10.4. The first-order valence-electron chi connectivity index (χ1n) is 3.52. The average molecular weight is 219 g/mol. The van der Waals surface area contributed by atoms with Crippen LogP contribution in [-0.2, 0) is 4.74 Å². The molecule has 0 aliphatic heterocycles. The molecule has 1 aromatic rings. The molecule has 14 heavy (non-hydrogen) atoms. The lowest BCUT2D eigenvalue weighted by Crippen LogP contribution is -2.21. The predicted molar refractivity (Wildman–Crippen MR) is 47.8 cm³/mol. The lowest BCUT2D eigenvalue weighted by molar-refractivity contribution is 0.0591. The molecule has 0 aromatic carbocycles. The predicted octanol–water partition coefficient (Wildman–Crippen LogP) is 0.218. The number of H-pyrrole nitrogens is 1. The fourth-order valence-electron chi connectivity index (χ4n) is 0.784. The molecule has 0 aliphatic carbocycles. The Hall–Kier alpha value is -1.56. The molecule has 7 heteroatoms. The largest absolute Gasteiger partial charge is 0.480 e. The zero-order valence-corrected chi connectivity index (χ0v) is 8.21. The molecule has 0 aliphatic rings. The van der Waals surface area contributed by atoms with Crippen molar-refractivity contribution in [2.45, 2.75) is 0 Å². The molecule has 0 fully saturated rings. The van der Waals surface area contributed by atoms with Gasteiger partial charge in [0.2, 0.25) is 11.6 Å². The summed E-state index contributed by atoms with van der Waals surface area (Å²) >= 11 is 5.59. The molecule has 0 radical (unpaired) electrons. The fraction of sp³-hybridized carbons (Fsp3) is 0.286. The van der Waals surface area contributed by atoms with E-state index in [0.717, 1.165) is 7.11 Å². The van der Waals surface area contributed by atoms with Gasteiger partial charge in [-0.15, -0.1) is 0 Å². The Kier molecular flexibility index (Phi) is 3.08. The molecule has 0 spiro atoms. The summed E-state index contributed by atoms with van der Waals surface area (Å²) in [6, 6.07) is 0. The molecule has 1 heterocycles. The van der Waals surface area contributed by atoms with Gasteiger partial charge in [0.05, 0.1) is 14.2 Å². The van der Waals surface area contributed by atoms with E-state index in [9.17, 15) is 9.59 Å². The topological polar surface area (TPSA) is 81.3 Å². The van der Waals surface area contributed by atoms with Crippen molar-refractivity contribution < 1.29 is 14.3 Å². The van der Waals surface area contributed by atoms with Gasteiger partial charge in [0, 0.05) is 0 Å². The number of hydrogen-bond donors (Lipinski definition) is 1. The van der Waals surface area contributed by atoms with Crippen LogP contribution in [0.2, 0.25) is 5.15 Å². The fourth-order valence-corrected chi connectivity index (χ4v) is 0.993. The number of carbonyl (C=O) groups excluding carboxylic acids is 1. The molecule has 0 bridgehead atoms. The van der Waals surface area contributed by atoms with Crippen LogP contribution < -0.4 is 10.3 Å². The van der Waals surface area contributed by atoms with E-state index in [4.69, 9.17) is 16.3 Å². The Balaban J connectivity index is 3.29. The second-order valence-corrected chi connectivity index (χ2v) is 2.59. The maximum absolute atomic E-state index is 11.2. The summed E-state index contributed by atoms with van der Waals surface area (Å²) in [6.45, 7) is 0. The number of aromatic amines is 1. The van der Waals surface area contributed by atoms with Crippen molar-refractivity contribution in [1.29, 1.82) is 0 Å². The number of nitrogens with one attached hydrogen (secondary N) is 1. The monoisotopic (exact) mass is 218 g/mol. The highest BCUT2D eigenvalue weighted by atomic mass is 35.5. The van der Waals surface area contributed by atoms with Crippen molar-refractivity contribution >= 4 is 17.6 Å². The van der Waals surface area contributed by atoms with Gasteiger partial charge in [-0.2, -0.15) is 0 Å². The van der Waals surface area contributed by atoms with Crippen LogP contribution in [-0.4, -0.2) is 30.2 Å². The Morgan fingerprint density at radius 1 is 1.50 bits per heavy atom. The Labute approximate surface area is 83.8 Å². The average Bonchev–Trinajstić information content (AvgIpc) is 2.19. The zero-order valence-electron chi connectivity index (χ0n) is 7.46. The standard InChI is InChI=1S/C7H7ClN2O4/c1-13-6-4(8)9-3(5(11)10-6)7(12)14-2/h1-2H3,(H,10,11). The second kappa shape index (κ2) is 4.10. The first kappa shape index (κ1) is 10.5. The minimum absolute atomic E-state index is 0.00400. The maximum atomic E-state index is 11.2. The molecule has 76 valence electrons. The smallest absolute Gasteiger partial charge is 0.362 e. The van der Waals surface area contributed by atoms with E-state index in [1.54, 1.807) is 0 Å². The number of esters is 1. The van der Waals surface area contributed by atoms with Crippen LogP contribution >= 0.6 is 11.6 Å². The molecule has 1 rings (SSSR count). The van der Waals surface area contributed by atoms with Crippen LogP contribution in [0.3, 0.4) is 0 Å². The molecule has 1 aromatic heterocycles. The van der Waals surface area contributed by atoms with E-state index in [1.807, 2.05) is 0 Å². The van der Waals surface area contributed by atoms with Crippen molar-refractivity contribution in [3.8, 4) is 5.88 Å². The van der Waals surface area contributed by atoms with Crippen LogP contribution in [0.4, 0.5) is 0 Å². The van der Waals surface area contributed by atoms with Gasteiger partial charge in [-0.3, -0.25) is 9.78 Å². The molecular weight excluding hydrogens is 212 g/mol. The third kappa shape index (κ3) is 1.85. The highest BCUT2D eigenvalue weighted by Crippen LogP contribution is 2.15. The summed E-state index contributed by atoms with van der Waals surface area (Å²) < 4.78 is 9.02. The van der Waals surface area contributed by atoms with Crippen LogP contribution in [0.5, 0.6) is 5.88 Å². The van der Waals surface area contributed by atoms with E-state index in [-0.39, 0.29) is 11.0 Å². The first-order valence-corrected chi connectivity index (χ1v) is 3.90. The molecule has 0 saturated heterocycles. The van der Waals surface area contributed by atoms with Gasteiger partial charge in [0.15, 0.2) is 5.15 Å². The summed E-state index contributed by atoms with van der Waals surface area (Å²) in [5, 5.41) is -0.104. The quantitative estimate of drug-likeness (QED) is 0.718. The molecule has 0 unspecified atom stereocenters. The van der Waals surface area contributed by atoms with Gasteiger partial charge in [0.1, 0.15) is 0 Å². The highest BCUT2D eigenvalue weighted by molar-refractivity contribution is 6.30. The van der Waals surface area contributed by atoms with Crippen molar-refractivity contribution in [2.24, 2.45) is 0 Å².